The number of hydrogen-bond donors (Lipinski definition) is 1. The van der Waals surface area contributed by atoms with Crippen LogP contribution in [0.25, 0.3) is 0 Å². The van der Waals surface area contributed by atoms with Crippen LogP contribution in [0, 0.1) is 5.92 Å². The van der Waals surface area contributed by atoms with E-state index in [2.05, 4.69) is 11.8 Å². The van der Waals surface area contributed by atoms with Crippen molar-refractivity contribution in [2.45, 2.75) is 44.8 Å². The first kappa shape index (κ1) is 11.4. The van der Waals surface area contributed by atoms with E-state index in [4.69, 9.17) is 10.5 Å². The van der Waals surface area contributed by atoms with E-state index in [1.807, 2.05) is 0 Å². The Morgan fingerprint density at radius 1 is 1.40 bits per heavy atom. The maximum absolute atomic E-state index is 5.83. The molecule has 0 aromatic heterocycles. The molecule has 3 heteroatoms. The van der Waals surface area contributed by atoms with Crippen molar-refractivity contribution in [1.82, 2.24) is 4.90 Å². The van der Waals surface area contributed by atoms with Gasteiger partial charge in [0.2, 0.25) is 0 Å². The van der Waals surface area contributed by atoms with E-state index in [1.54, 1.807) is 0 Å². The molecule has 0 amide bonds. The van der Waals surface area contributed by atoms with Crippen molar-refractivity contribution in [3.05, 3.63) is 0 Å². The average Bonchev–Trinajstić information content (AvgIpc) is 2.84. The quantitative estimate of drug-likeness (QED) is 0.761. The third kappa shape index (κ3) is 2.71. The molecule has 3 nitrogen and oxygen atoms in total. The number of likely N-dealkylation sites (tertiary alicyclic amines) is 1. The normalized spacial score (nSPS) is 37.6. The van der Waals surface area contributed by atoms with Crippen molar-refractivity contribution in [1.29, 1.82) is 0 Å². The highest BCUT2D eigenvalue weighted by atomic mass is 16.5. The molecule has 0 aromatic carbocycles. The van der Waals surface area contributed by atoms with Crippen LogP contribution in [0.1, 0.15) is 32.6 Å². The molecule has 2 rings (SSSR count). The summed E-state index contributed by atoms with van der Waals surface area (Å²) in [4.78, 5) is 2.56. The molecule has 2 N–H and O–H groups in total. The maximum atomic E-state index is 5.83. The Kier molecular flexibility index (Phi) is 4.00. The molecule has 15 heavy (non-hydrogen) atoms. The van der Waals surface area contributed by atoms with Crippen LogP contribution in [0.3, 0.4) is 0 Å². The summed E-state index contributed by atoms with van der Waals surface area (Å²) in [5.74, 6) is 0.777. The third-order valence-electron chi connectivity index (χ3n) is 4.00. The second-order valence-electron chi connectivity index (χ2n) is 5.03. The Morgan fingerprint density at radius 2 is 2.27 bits per heavy atom. The molecule has 3 atom stereocenters. The topological polar surface area (TPSA) is 38.5 Å². The fraction of sp³-hybridized carbons (Fsp3) is 1.00. The molecule has 88 valence electrons. The molecule has 2 aliphatic heterocycles. The largest absolute Gasteiger partial charge is 0.378 e. The van der Waals surface area contributed by atoms with Gasteiger partial charge >= 0.3 is 0 Å². The first-order chi connectivity index (χ1) is 7.31. The van der Waals surface area contributed by atoms with Gasteiger partial charge < -0.3 is 10.5 Å². The summed E-state index contributed by atoms with van der Waals surface area (Å²) in [6.45, 7) is 6.52. The summed E-state index contributed by atoms with van der Waals surface area (Å²) in [7, 11) is 0. The lowest BCUT2D eigenvalue weighted by atomic mass is 10.0. The van der Waals surface area contributed by atoms with Crippen LogP contribution < -0.4 is 5.73 Å². The van der Waals surface area contributed by atoms with E-state index in [0.29, 0.717) is 12.1 Å². The highest BCUT2D eigenvalue weighted by Crippen LogP contribution is 2.24. The number of ether oxygens (including phenoxy) is 1. The number of rotatable bonds is 4. The van der Waals surface area contributed by atoms with Gasteiger partial charge in [0.15, 0.2) is 0 Å². The molecule has 2 heterocycles. The minimum Gasteiger partial charge on any atom is -0.378 e. The molecule has 0 aliphatic carbocycles. The van der Waals surface area contributed by atoms with Gasteiger partial charge in [0, 0.05) is 25.7 Å². The fourth-order valence-corrected chi connectivity index (χ4v) is 2.93. The smallest absolute Gasteiger partial charge is 0.0588 e. The van der Waals surface area contributed by atoms with Gasteiger partial charge in [0.25, 0.3) is 0 Å². The van der Waals surface area contributed by atoms with Crippen LogP contribution in [0.15, 0.2) is 0 Å². The number of hydrogen-bond acceptors (Lipinski definition) is 3. The zero-order chi connectivity index (χ0) is 10.7. The molecule has 0 bridgehead atoms. The lowest BCUT2D eigenvalue weighted by Crippen LogP contribution is -2.39. The summed E-state index contributed by atoms with van der Waals surface area (Å²) in [6, 6.07) is 0.617. The van der Waals surface area contributed by atoms with Crippen LogP contribution in [-0.2, 0) is 4.74 Å². The Morgan fingerprint density at radius 3 is 2.93 bits per heavy atom. The fourth-order valence-electron chi connectivity index (χ4n) is 2.93. The van der Waals surface area contributed by atoms with Crippen LogP contribution in [0.2, 0.25) is 0 Å². The van der Waals surface area contributed by atoms with Crippen LogP contribution in [0.5, 0.6) is 0 Å². The molecule has 2 saturated heterocycles. The molecule has 0 radical (unpaired) electrons. The summed E-state index contributed by atoms with van der Waals surface area (Å²) in [5.41, 5.74) is 5.83. The van der Waals surface area contributed by atoms with E-state index < -0.39 is 0 Å². The standard InChI is InChI=1S/C12H24N2O/c1-10-4-6-14(12(10)9-13)7-5-11-3-2-8-15-11/h10-12H,2-9,13H2,1H3. The Labute approximate surface area is 93.0 Å². The molecule has 0 saturated carbocycles. The van der Waals surface area contributed by atoms with Gasteiger partial charge in [-0.15, -0.1) is 0 Å². The SMILES string of the molecule is CC1CCN(CCC2CCCO2)C1CN. The van der Waals surface area contributed by atoms with Gasteiger partial charge in [-0.25, -0.2) is 0 Å². The number of nitrogens with two attached hydrogens (primary N) is 1. The lowest BCUT2D eigenvalue weighted by molar-refractivity contribution is 0.0893. The van der Waals surface area contributed by atoms with Crippen molar-refractivity contribution < 1.29 is 4.74 Å². The first-order valence-electron chi connectivity index (χ1n) is 6.37. The van der Waals surface area contributed by atoms with Crippen molar-refractivity contribution in [3.63, 3.8) is 0 Å². The zero-order valence-corrected chi connectivity index (χ0v) is 9.82. The van der Waals surface area contributed by atoms with Gasteiger partial charge in [0.05, 0.1) is 6.10 Å². The highest BCUT2D eigenvalue weighted by molar-refractivity contribution is 4.85. The van der Waals surface area contributed by atoms with E-state index in [1.165, 1.54) is 38.8 Å². The molecule has 2 aliphatic rings. The Balaban J connectivity index is 1.73. The summed E-state index contributed by atoms with van der Waals surface area (Å²) >= 11 is 0. The summed E-state index contributed by atoms with van der Waals surface area (Å²) < 4.78 is 5.65. The minimum atomic E-state index is 0.527. The predicted molar refractivity (Wildman–Crippen MR) is 61.8 cm³/mol. The minimum absolute atomic E-state index is 0.527. The van der Waals surface area contributed by atoms with Crippen LogP contribution in [-0.4, -0.2) is 43.3 Å². The van der Waals surface area contributed by atoms with E-state index in [-0.39, 0.29) is 0 Å². The van der Waals surface area contributed by atoms with Crippen molar-refractivity contribution in [2.75, 3.05) is 26.2 Å². The number of nitrogens with zero attached hydrogens (tertiary/aromatic N) is 1. The first-order valence-corrected chi connectivity index (χ1v) is 6.37. The van der Waals surface area contributed by atoms with Gasteiger partial charge in [0.1, 0.15) is 0 Å². The molecule has 0 spiro atoms. The second kappa shape index (κ2) is 5.28. The zero-order valence-electron chi connectivity index (χ0n) is 9.82. The van der Waals surface area contributed by atoms with E-state index in [9.17, 15) is 0 Å². The van der Waals surface area contributed by atoms with Gasteiger partial charge in [-0.2, -0.15) is 0 Å². The van der Waals surface area contributed by atoms with Crippen molar-refractivity contribution in [2.24, 2.45) is 11.7 Å². The maximum Gasteiger partial charge on any atom is 0.0588 e. The summed E-state index contributed by atoms with van der Waals surface area (Å²) in [6.07, 6.45) is 5.55. The predicted octanol–water partition coefficient (Wildman–Crippen LogP) is 1.22. The molecular weight excluding hydrogens is 188 g/mol. The third-order valence-corrected chi connectivity index (χ3v) is 4.00. The summed E-state index contributed by atoms with van der Waals surface area (Å²) in [5, 5.41) is 0. The molecule has 3 unspecified atom stereocenters. The van der Waals surface area contributed by atoms with Gasteiger partial charge in [-0.1, -0.05) is 6.92 Å². The molecular formula is C12H24N2O. The van der Waals surface area contributed by atoms with E-state index in [0.717, 1.165) is 19.1 Å². The average molecular weight is 212 g/mol. The second-order valence-corrected chi connectivity index (χ2v) is 5.03. The molecule has 0 aromatic rings. The van der Waals surface area contributed by atoms with Crippen molar-refractivity contribution >= 4 is 0 Å². The van der Waals surface area contributed by atoms with Gasteiger partial charge in [-0.05, 0) is 38.1 Å². The van der Waals surface area contributed by atoms with Crippen LogP contribution in [0.4, 0.5) is 0 Å². The monoisotopic (exact) mass is 212 g/mol. The van der Waals surface area contributed by atoms with Crippen LogP contribution >= 0.6 is 0 Å². The Hall–Kier alpha value is -0.120. The van der Waals surface area contributed by atoms with E-state index >= 15 is 0 Å². The van der Waals surface area contributed by atoms with Crippen molar-refractivity contribution in [3.8, 4) is 0 Å². The Bertz CT molecular complexity index is 192. The lowest BCUT2D eigenvalue weighted by Gasteiger charge is -2.26. The van der Waals surface area contributed by atoms with Gasteiger partial charge in [-0.3, -0.25) is 4.90 Å². The highest BCUT2D eigenvalue weighted by Gasteiger charge is 2.30. The molecule has 2 fully saturated rings.